The first-order valence-electron chi connectivity index (χ1n) is 5.99. The van der Waals surface area contributed by atoms with Gasteiger partial charge >= 0.3 is 0 Å². The van der Waals surface area contributed by atoms with Crippen molar-refractivity contribution in [3.8, 4) is 10.8 Å². The van der Waals surface area contributed by atoms with Gasteiger partial charge in [0.1, 0.15) is 0 Å². The van der Waals surface area contributed by atoms with Crippen molar-refractivity contribution in [2.24, 2.45) is 5.73 Å². The maximum Gasteiger partial charge on any atom is 0.268 e. The summed E-state index contributed by atoms with van der Waals surface area (Å²) < 4.78 is 5.28. The smallest absolute Gasteiger partial charge is 0.268 e. The molecule has 2 heterocycles. The molecule has 0 aliphatic heterocycles. The van der Waals surface area contributed by atoms with E-state index in [4.69, 9.17) is 10.3 Å². The van der Waals surface area contributed by atoms with Crippen LogP contribution in [0.3, 0.4) is 0 Å². The minimum absolute atomic E-state index is 0.126. The molecule has 1 atom stereocenters. The Hall–Kier alpha value is -1.20. The van der Waals surface area contributed by atoms with Crippen LogP contribution in [0.5, 0.6) is 0 Å². The molecule has 0 aromatic carbocycles. The Balaban J connectivity index is 1.90. The Morgan fingerprint density at radius 1 is 1.53 bits per heavy atom. The molecule has 0 radical (unpaired) electrons. The molecule has 2 N–H and O–H groups in total. The average molecular weight is 249 g/mol. The van der Waals surface area contributed by atoms with Gasteiger partial charge in [0.15, 0.2) is 5.82 Å². The van der Waals surface area contributed by atoms with Crippen molar-refractivity contribution in [3.05, 3.63) is 22.3 Å². The van der Waals surface area contributed by atoms with E-state index in [1.54, 1.807) is 11.3 Å². The maximum absolute atomic E-state index is 5.88. The highest BCUT2D eigenvalue weighted by Crippen LogP contribution is 2.35. The molecule has 17 heavy (non-hydrogen) atoms. The van der Waals surface area contributed by atoms with Gasteiger partial charge in [0, 0.05) is 4.88 Å². The van der Waals surface area contributed by atoms with Crippen LogP contribution in [-0.4, -0.2) is 10.1 Å². The summed E-state index contributed by atoms with van der Waals surface area (Å²) in [5.74, 6) is 1.22. The molecule has 4 nitrogen and oxygen atoms in total. The summed E-state index contributed by atoms with van der Waals surface area (Å²) in [5.41, 5.74) is 7.33. The highest BCUT2D eigenvalue weighted by molar-refractivity contribution is 7.15. The number of hydrogen-bond donors (Lipinski definition) is 1. The first-order chi connectivity index (χ1) is 8.28. The molecule has 0 saturated heterocycles. The quantitative estimate of drug-likeness (QED) is 0.908. The molecule has 1 aliphatic rings. The van der Waals surface area contributed by atoms with Crippen molar-refractivity contribution in [1.82, 2.24) is 10.1 Å². The monoisotopic (exact) mass is 249 g/mol. The molecular weight excluding hydrogens is 234 g/mol. The number of nitrogens with zero attached hydrogens (tertiary/aromatic N) is 2. The summed E-state index contributed by atoms with van der Waals surface area (Å²) >= 11 is 1.77. The molecular formula is C12H15N3OS. The lowest BCUT2D eigenvalue weighted by molar-refractivity contribution is 0.416. The highest BCUT2D eigenvalue weighted by Gasteiger charge is 2.20. The SMILES string of the molecule is CCC(N)c1noc(-c2cc3c(s2)CCC3)n1. The zero-order chi connectivity index (χ0) is 11.8. The van der Waals surface area contributed by atoms with E-state index in [1.807, 2.05) is 6.92 Å². The van der Waals surface area contributed by atoms with Crippen LogP contribution < -0.4 is 5.73 Å². The van der Waals surface area contributed by atoms with Gasteiger partial charge in [-0.1, -0.05) is 12.1 Å². The first kappa shape index (κ1) is 10.9. The predicted molar refractivity (Wildman–Crippen MR) is 66.9 cm³/mol. The zero-order valence-electron chi connectivity index (χ0n) is 9.77. The fraction of sp³-hybridized carbons (Fsp3) is 0.500. The van der Waals surface area contributed by atoms with Crippen LogP contribution in [-0.2, 0) is 12.8 Å². The van der Waals surface area contributed by atoms with Gasteiger partial charge < -0.3 is 10.3 Å². The summed E-state index contributed by atoms with van der Waals surface area (Å²) in [7, 11) is 0. The molecule has 0 saturated carbocycles. The normalized spacial score (nSPS) is 16.1. The van der Waals surface area contributed by atoms with E-state index >= 15 is 0 Å². The van der Waals surface area contributed by atoms with Gasteiger partial charge in [0.25, 0.3) is 5.89 Å². The third-order valence-electron chi connectivity index (χ3n) is 3.17. The number of aromatic nitrogens is 2. The van der Waals surface area contributed by atoms with Gasteiger partial charge in [-0.15, -0.1) is 11.3 Å². The summed E-state index contributed by atoms with van der Waals surface area (Å²) in [6, 6.07) is 2.06. The summed E-state index contributed by atoms with van der Waals surface area (Å²) in [6.45, 7) is 2.01. The Morgan fingerprint density at radius 2 is 2.41 bits per heavy atom. The average Bonchev–Trinajstić information content (AvgIpc) is 3.00. The van der Waals surface area contributed by atoms with Crippen molar-refractivity contribution in [1.29, 1.82) is 0 Å². The fourth-order valence-corrected chi connectivity index (χ4v) is 3.28. The molecule has 1 aliphatic carbocycles. The Morgan fingerprint density at radius 3 is 3.18 bits per heavy atom. The second kappa shape index (κ2) is 4.23. The zero-order valence-corrected chi connectivity index (χ0v) is 10.6. The largest absolute Gasteiger partial charge is 0.333 e. The molecule has 0 bridgehead atoms. The third kappa shape index (κ3) is 1.89. The molecule has 2 aromatic heterocycles. The van der Waals surface area contributed by atoms with Crippen LogP contribution in [0.2, 0.25) is 0 Å². The minimum atomic E-state index is -0.126. The molecule has 0 spiro atoms. The lowest BCUT2D eigenvalue weighted by Crippen LogP contribution is -2.10. The Bertz CT molecular complexity index is 510. The van der Waals surface area contributed by atoms with E-state index in [2.05, 4.69) is 16.2 Å². The van der Waals surface area contributed by atoms with Gasteiger partial charge in [0.05, 0.1) is 10.9 Å². The van der Waals surface area contributed by atoms with Crippen molar-refractivity contribution in [2.45, 2.75) is 38.6 Å². The molecule has 5 heteroatoms. The van der Waals surface area contributed by atoms with Crippen LogP contribution in [0.4, 0.5) is 0 Å². The van der Waals surface area contributed by atoms with Crippen LogP contribution in [0.15, 0.2) is 10.6 Å². The standard InChI is InChI=1S/C12H15N3OS/c1-2-8(13)11-14-12(16-15-11)10-6-7-4-3-5-9(7)17-10/h6,8H,2-5,13H2,1H3. The second-order valence-corrected chi connectivity index (χ2v) is 5.52. The predicted octanol–water partition coefficient (Wildman–Crippen LogP) is 2.70. The van der Waals surface area contributed by atoms with Gasteiger partial charge in [-0.05, 0) is 37.3 Å². The van der Waals surface area contributed by atoms with E-state index in [-0.39, 0.29) is 6.04 Å². The Kier molecular flexibility index (Phi) is 2.72. The number of aryl methyl sites for hydroxylation is 2. The van der Waals surface area contributed by atoms with Crippen LogP contribution in [0.25, 0.3) is 10.8 Å². The second-order valence-electron chi connectivity index (χ2n) is 4.39. The third-order valence-corrected chi connectivity index (χ3v) is 4.40. The highest BCUT2D eigenvalue weighted by atomic mass is 32.1. The van der Waals surface area contributed by atoms with E-state index in [9.17, 15) is 0 Å². The molecule has 2 aromatic rings. The number of fused-ring (bicyclic) bond motifs is 1. The lowest BCUT2D eigenvalue weighted by Gasteiger charge is -1.99. The number of thiophene rings is 1. The molecule has 1 unspecified atom stereocenters. The summed E-state index contributed by atoms with van der Waals surface area (Å²) in [6.07, 6.45) is 4.47. The van der Waals surface area contributed by atoms with Crippen LogP contribution in [0, 0.1) is 0 Å². The van der Waals surface area contributed by atoms with Crippen LogP contribution >= 0.6 is 11.3 Å². The van der Waals surface area contributed by atoms with Crippen molar-refractivity contribution in [2.75, 3.05) is 0 Å². The minimum Gasteiger partial charge on any atom is -0.333 e. The lowest BCUT2D eigenvalue weighted by atomic mass is 10.2. The Labute approximate surface area is 104 Å². The van der Waals surface area contributed by atoms with E-state index in [0.29, 0.717) is 11.7 Å². The molecule has 90 valence electrons. The van der Waals surface area contributed by atoms with Gasteiger partial charge in [-0.2, -0.15) is 4.98 Å². The van der Waals surface area contributed by atoms with E-state index in [1.165, 1.54) is 29.7 Å². The fourth-order valence-electron chi connectivity index (χ4n) is 2.10. The maximum atomic E-state index is 5.88. The molecule has 0 amide bonds. The summed E-state index contributed by atoms with van der Waals surface area (Å²) in [5, 5.41) is 3.94. The van der Waals surface area contributed by atoms with Gasteiger partial charge in [-0.3, -0.25) is 0 Å². The number of nitrogens with two attached hydrogens (primary N) is 1. The van der Waals surface area contributed by atoms with Crippen molar-refractivity contribution >= 4 is 11.3 Å². The van der Waals surface area contributed by atoms with Crippen LogP contribution in [0.1, 0.15) is 42.1 Å². The van der Waals surface area contributed by atoms with Crippen molar-refractivity contribution < 1.29 is 4.52 Å². The van der Waals surface area contributed by atoms with E-state index < -0.39 is 0 Å². The topological polar surface area (TPSA) is 64.9 Å². The molecule has 0 fully saturated rings. The first-order valence-corrected chi connectivity index (χ1v) is 6.80. The van der Waals surface area contributed by atoms with E-state index in [0.717, 1.165) is 11.3 Å². The number of hydrogen-bond acceptors (Lipinski definition) is 5. The summed E-state index contributed by atoms with van der Waals surface area (Å²) in [4.78, 5) is 6.92. The number of rotatable bonds is 3. The molecule has 3 rings (SSSR count). The van der Waals surface area contributed by atoms with Gasteiger partial charge in [-0.25, -0.2) is 0 Å². The van der Waals surface area contributed by atoms with Crippen molar-refractivity contribution in [3.63, 3.8) is 0 Å². The van der Waals surface area contributed by atoms with Gasteiger partial charge in [0.2, 0.25) is 0 Å².